The molecule has 5 heteroatoms. The molecule has 2 N–H and O–H groups in total. The van der Waals surface area contributed by atoms with E-state index in [2.05, 4.69) is 36.9 Å². The van der Waals surface area contributed by atoms with Gasteiger partial charge in [-0.1, -0.05) is 36.5 Å². The van der Waals surface area contributed by atoms with E-state index >= 15 is 0 Å². The van der Waals surface area contributed by atoms with Crippen molar-refractivity contribution in [3.8, 4) is 0 Å². The number of hydrogen-bond donors (Lipinski definition) is 1. The minimum Gasteiger partial charge on any atom is -0.389 e. The quantitative estimate of drug-likeness (QED) is 0.862. The summed E-state index contributed by atoms with van der Waals surface area (Å²) in [5.41, 5.74) is 11.0. The molecule has 2 aromatic rings. The van der Waals surface area contributed by atoms with Crippen molar-refractivity contribution in [1.82, 2.24) is 4.90 Å². The maximum Gasteiger partial charge on any atom is 0.253 e. The van der Waals surface area contributed by atoms with Crippen molar-refractivity contribution in [3.05, 3.63) is 64.7 Å². The maximum atomic E-state index is 12.7. The predicted octanol–water partition coefficient (Wildman–Crippen LogP) is 2.90. The largest absolute Gasteiger partial charge is 0.389 e. The van der Waals surface area contributed by atoms with Crippen molar-refractivity contribution in [2.24, 2.45) is 5.73 Å². The minimum absolute atomic E-state index is 0.0649. The molecule has 1 amide bonds. The third-order valence-electron chi connectivity index (χ3n) is 4.90. The lowest BCUT2D eigenvalue weighted by molar-refractivity contribution is 0.0747. The zero-order valence-corrected chi connectivity index (χ0v) is 15.5. The number of rotatable bonds is 3. The second-order valence-corrected chi connectivity index (χ2v) is 6.88. The Balaban J connectivity index is 1.66. The smallest absolute Gasteiger partial charge is 0.253 e. The zero-order valence-electron chi connectivity index (χ0n) is 14.7. The molecule has 0 atom stereocenters. The molecule has 130 valence electrons. The molecule has 1 saturated heterocycles. The molecule has 3 rings (SSSR count). The SMILES string of the molecule is Cc1cccc(N2CCN(C(=O)c3ccc(C(N)=S)cc3)CC2)c1C. The third kappa shape index (κ3) is 3.66. The van der Waals surface area contributed by atoms with E-state index in [0.29, 0.717) is 10.6 Å². The molecule has 1 heterocycles. The first kappa shape index (κ1) is 17.4. The topological polar surface area (TPSA) is 49.6 Å². The van der Waals surface area contributed by atoms with Gasteiger partial charge in [0, 0.05) is 43.0 Å². The van der Waals surface area contributed by atoms with Crippen LogP contribution in [-0.4, -0.2) is 42.0 Å². The Bertz CT molecular complexity index is 793. The van der Waals surface area contributed by atoms with Crippen LogP contribution in [0.15, 0.2) is 42.5 Å². The van der Waals surface area contributed by atoms with Gasteiger partial charge in [0.2, 0.25) is 0 Å². The van der Waals surface area contributed by atoms with Gasteiger partial charge in [-0.2, -0.15) is 0 Å². The highest BCUT2D eigenvalue weighted by Gasteiger charge is 2.23. The number of amides is 1. The fourth-order valence-electron chi connectivity index (χ4n) is 3.19. The number of nitrogens with zero attached hydrogens (tertiary/aromatic N) is 2. The second kappa shape index (κ2) is 7.23. The van der Waals surface area contributed by atoms with Crippen molar-refractivity contribution < 1.29 is 4.79 Å². The van der Waals surface area contributed by atoms with Crippen LogP contribution in [0.2, 0.25) is 0 Å². The molecule has 0 unspecified atom stereocenters. The van der Waals surface area contributed by atoms with Gasteiger partial charge in [0.1, 0.15) is 4.99 Å². The lowest BCUT2D eigenvalue weighted by Gasteiger charge is -2.37. The van der Waals surface area contributed by atoms with E-state index in [9.17, 15) is 4.79 Å². The van der Waals surface area contributed by atoms with Crippen LogP contribution in [0.3, 0.4) is 0 Å². The van der Waals surface area contributed by atoms with Gasteiger partial charge in [0.05, 0.1) is 0 Å². The van der Waals surface area contributed by atoms with Gasteiger partial charge in [-0.3, -0.25) is 4.79 Å². The molecule has 0 aromatic heterocycles. The molecule has 0 aliphatic carbocycles. The van der Waals surface area contributed by atoms with Crippen LogP contribution in [0.4, 0.5) is 5.69 Å². The van der Waals surface area contributed by atoms with Crippen molar-refractivity contribution in [2.45, 2.75) is 13.8 Å². The molecule has 25 heavy (non-hydrogen) atoms. The van der Waals surface area contributed by atoms with Crippen LogP contribution in [0.25, 0.3) is 0 Å². The number of anilines is 1. The monoisotopic (exact) mass is 353 g/mol. The van der Waals surface area contributed by atoms with E-state index in [1.807, 2.05) is 17.0 Å². The summed E-state index contributed by atoms with van der Waals surface area (Å²) in [5, 5.41) is 0. The van der Waals surface area contributed by atoms with Crippen LogP contribution in [-0.2, 0) is 0 Å². The van der Waals surface area contributed by atoms with Crippen LogP contribution >= 0.6 is 12.2 Å². The Morgan fingerprint density at radius 2 is 1.56 bits per heavy atom. The fourth-order valence-corrected chi connectivity index (χ4v) is 3.32. The first-order valence-corrected chi connectivity index (χ1v) is 8.88. The molecule has 0 bridgehead atoms. The number of thiocarbonyl (C=S) groups is 1. The molecular weight excluding hydrogens is 330 g/mol. The van der Waals surface area contributed by atoms with Gasteiger partial charge in [0.15, 0.2) is 0 Å². The molecule has 1 fully saturated rings. The van der Waals surface area contributed by atoms with E-state index in [1.54, 1.807) is 12.1 Å². The molecular formula is C20H23N3OS. The van der Waals surface area contributed by atoms with Crippen LogP contribution in [0.1, 0.15) is 27.0 Å². The van der Waals surface area contributed by atoms with Crippen molar-refractivity contribution >= 4 is 28.8 Å². The number of piperazine rings is 1. The van der Waals surface area contributed by atoms with Gasteiger partial charge in [-0.15, -0.1) is 0 Å². The molecule has 0 saturated carbocycles. The Hall–Kier alpha value is -2.40. The maximum absolute atomic E-state index is 12.7. The van der Waals surface area contributed by atoms with Crippen molar-refractivity contribution in [2.75, 3.05) is 31.1 Å². The highest BCUT2D eigenvalue weighted by Crippen LogP contribution is 2.24. The summed E-state index contributed by atoms with van der Waals surface area (Å²) in [6.07, 6.45) is 0. The van der Waals surface area contributed by atoms with Gasteiger partial charge in [0.25, 0.3) is 5.91 Å². The molecule has 4 nitrogen and oxygen atoms in total. The lowest BCUT2D eigenvalue weighted by Crippen LogP contribution is -2.49. The highest BCUT2D eigenvalue weighted by atomic mass is 32.1. The minimum atomic E-state index is 0.0649. The molecule has 0 radical (unpaired) electrons. The van der Waals surface area contributed by atoms with E-state index in [4.69, 9.17) is 18.0 Å². The van der Waals surface area contributed by atoms with Gasteiger partial charge in [-0.25, -0.2) is 0 Å². The number of benzene rings is 2. The first-order chi connectivity index (χ1) is 12.0. The van der Waals surface area contributed by atoms with Crippen molar-refractivity contribution in [1.29, 1.82) is 0 Å². The lowest BCUT2D eigenvalue weighted by atomic mass is 10.1. The Kier molecular flexibility index (Phi) is 5.04. The Morgan fingerprint density at radius 1 is 0.960 bits per heavy atom. The first-order valence-electron chi connectivity index (χ1n) is 8.47. The number of carbonyl (C=O) groups is 1. The normalized spacial score (nSPS) is 14.5. The summed E-state index contributed by atoms with van der Waals surface area (Å²) in [4.78, 5) is 17.3. The predicted molar refractivity (Wildman–Crippen MR) is 106 cm³/mol. The van der Waals surface area contributed by atoms with Gasteiger partial charge >= 0.3 is 0 Å². The molecule has 1 aliphatic rings. The van der Waals surface area contributed by atoms with E-state index < -0.39 is 0 Å². The molecule has 2 aromatic carbocycles. The fraction of sp³-hybridized carbons (Fsp3) is 0.300. The van der Waals surface area contributed by atoms with Crippen LogP contribution in [0, 0.1) is 13.8 Å². The van der Waals surface area contributed by atoms with Gasteiger partial charge in [-0.05, 0) is 43.2 Å². The summed E-state index contributed by atoms with van der Waals surface area (Å²) in [5.74, 6) is 0.0649. The number of carbonyl (C=O) groups excluding carboxylic acids is 1. The third-order valence-corrected chi connectivity index (χ3v) is 5.14. The summed E-state index contributed by atoms with van der Waals surface area (Å²) >= 11 is 4.95. The molecule has 1 aliphatic heterocycles. The van der Waals surface area contributed by atoms with Crippen LogP contribution in [0.5, 0.6) is 0 Å². The van der Waals surface area contributed by atoms with E-state index in [1.165, 1.54) is 16.8 Å². The van der Waals surface area contributed by atoms with E-state index in [0.717, 1.165) is 31.7 Å². The standard InChI is InChI=1S/C20H23N3OS/c1-14-4-3-5-18(15(14)2)22-10-12-23(13-11-22)20(24)17-8-6-16(7-9-17)19(21)25/h3-9H,10-13H2,1-2H3,(H2,21,25). The van der Waals surface area contributed by atoms with E-state index in [-0.39, 0.29) is 5.91 Å². The summed E-state index contributed by atoms with van der Waals surface area (Å²) < 4.78 is 0. The number of nitrogens with two attached hydrogens (primary N) is 1. The highest BCUT2D eigenvalue weighted by molar-refractivity contribution is 7.80. The Morgan fingerprint density at radius 3 is 2.16 bits per heavy atom. The van der Waals surface area contributed by atoms with Crippen LogP contribution < -0.4 is 10.6 Å². The average Bonchev–Trinajstić information content (AvgIpc) is 2.64. The Labute approximate surface area is 154 Å². The second-order valence-electron chi connectivity index (χ2n) is 6.44. The number of aryl methyl sites for hydroxylation is 1. The summed E-state index contributed by atoms with van der Waals surface area (Å²) in [7, 11) is 0. The number of hydrogen-bond acceptors (Lipinski definition) is 3. The zero-order chi connectivity index (χ0) is 18.0. The summed E-state index contributed by atoms with van der Waals surface area (Å²) in [6.45, 7) is 7.44. The van der Waals surface area contributed by atoms with Crippen molar-refractivity contribution in [3.63, 3.8) is 0 Å². The molecule has 0 spiro atoms. The average molecular weight is 353 g/mol. The van der Waals surface area contributed by atoms with Gasteiger partial charge < -0.3 is 15.5 Å². The summed E-state index contributed by atoms with van der Waals surface area (Å²) in [6, 6.07) is 13.6.